The van der Waals surface area contributed by atoms with Crippen LogP contribution >= 0.6 is 0 Å². The molecule has 0 bridgehead atoms. The molecule has 5 rings (SSSR count). The SMILES string of the molecule is CCOC(=O)C1=C(C)NC2=C(C(=O)c3ccccc32)[C@@H]1c1ccc(OCc2ccccc2F)c(OCC)c1. The lowest BCUT2D eigenvalue weighted by Gasteiger charge is -2.29. The fourth-order valence-corrected chi connectivity index (χ4v) is 5.00. The van der Waals surface area contributed by atoms with Crippen molar-refractivity contribution in [2.24, 2.45) is 0 Å². The number of nitrogens with one attached hydrogen (secondary N) is 1. The van der Waals surface area contributed by atoms with Crippen molar-refractivity contribution < 1.29 is 28.2 Å². The van der Waals surface area contributed by atoms with Gasteiger partial charge in [-0.25, -0.2) is 9.18 Å². The molecule has 6 nitrogen and oxygen atoms in total. The van der Waals surface area contributed by atoms with Gasteiger partial charge in [0.2, 0.25) is 0 Å². The summed E-state index contributed by atoms with van der Waals surface area (Å²) < 4.78 is 31.4. The fourth-order valence-electron chi connectivity index (χ4n) is 5.00. The number of fused-ring (bicyclic) bond motifs is 2. The average Bonchev–Trinajstić information content (AvgIpc) is 3.19. The first-order valence-electron chi connectivity index (χ1n) is 12.6. The minimum absolute atomic E-state index is 0.0234. The Labute approximate surface area is 220 Å². The van der Waals surface area contributed by atoms with Crippen molar-refractivity contribution in [3.8, 4) is 11.5 Å². The molecule has 2 aliphatic rings. The molecule has 1 N–H and O–H groups in total. The maximum Gasteiger partial charge on any atom is 0.336 e. The van der Waals surface area contributed by atoms with Gasteiger partial charge in [0.05, 0.1) is 24.5 Å². The molecule has 1 heterocycles. The zero-order valence-electron chi connectivity index (χ0n) is 21.5. The van der Waals surface area contributed by atoms with E-state index in [0.29, 0.717) is 57.3 Å². The first-order chi connectivity index (χ1) is 18.4. The molecule has 0 spiro atoms. The number of ketones is 1. The quantitative estimate of drug-likeness (QED) is 0.376. The van der Waals surface area contributed by atoms with Gasteiger partial charge in [0, 0.05) is 33.9 Å². The number of allylic oxidation sites excluding steroid dienone is 2. The van der Waals surface area contributed by atoms with Crippen molar-refractivity contribution in [3.05, 3.63) is 112 Å². The first kappa shape index (κ1) is 25.3. The van der Waals surface area contributed by atoms with Gasteiger partial charge in [0.25, 0.3) is 0 Å². The minimum Gasteiger partial charge on any atom is -0.490 e. The number of Topliss-reactive ketones (excluding diaryl/α,β-unsaturated/α-hetero) is 1. The standard InChI is InChI=1S/C31H28FNO5/c1-4-36-25-16-19(14-15-24(25)38-17-20-10-6-9-13-23(20)32)27-26(31(35)37-5-2)18(3)33-29-21-11-7-8-12-22(21)30(34)28(27)29/h6-16,27,33H,4-5,17H2,1-3H3/t27-/m1/s1. The van der Waals surface area contributed by atoms with E-state index in [1.807, 2.05) is 38.1 Å². The maximum atomic E-state index is 14.1. The van der Waals surface area contributed by atoms with E-state index in [2.05, 4.69) is 5.32 Å². The summed E-state index contributed by atoms with van der Waals surface area (Å²) in [6.45, 7) is 6.00. The summed E-state index contributed by atoms with van der Waals surface area (Å²) in [6.07, 6.45) is 0. The highest BCUT2D eigenvalue weighted by Gasteiger charge is 2.43. The monoisotopic (exact) mass is 513 g/mol. The summed E-state index contributed by atoms with van der Waals surface area (Å²) in [5.74, 6) is -0.789. The number of rotatable bonds is 8. The highest BCUT2D eigenvalue weighted by molar-refractivity contribution is 6.23. The maximum absolute atomic E-state index is 14.1. The summed E-state index contributed by atoms with van der Waals surface area (Å²) >= 11 is 0. The van der Waals surface area contributed by atoms with Gasteiger partial charge in [-0.3, -0.25) is 4.79 Å². The summed E-state index contributed by atoms with van der Waals surface area (Å²) in [6, 6.07) is 19.1. The van der Waals surface area contributed by atoms with Crippen LogP contribution in [-0.2, 0) is 16.1 Å². The van der Waals surface area contributed by atoms with Crippen molar-refractivity contribution in [2.75, 3.05) is 13.2 Å². The second-order valence-corrected chi connectivity index (χ2v) is 9.00. The molecule has 7 heteroatoms. The van der Waals surface area contributed by atoms with Crippen molar-refractivity contribution >= 4 is 17.4 Å². The molecule has 0 fully saturated rings. The highest BCUT2D eigenvalue weighted by atomic mass is 19.1. The van der Waals surface area contributed by atoms with Crippen LogP contribution < -0.4 is 14.8 Å². The van der Waals surface area contributed by atoms with Crippen molar-refractivity contribution in [2.45, 2.75) is 33.3 Å². The summed E-state index contributed by atoms with van der Waals surface area (Å²) in [5.41, 5.74) is 4.66. The Balaban J connectivity index is 1.58. The van der Waals surface area contributed by atoms with E-state index in [1.54, 1.807) is 43.3 Å². The Morgan fingerprint density at radius 1 is 0.921 bits per heavy atom. The zero-order valence-corrected chi connectivity index (χ0v) is 21.5. The van der Waals surface area contributed by atoms with E-state index in [0.717, 1.165) is 5.56 Å². The second-order valence-electron chi connectivity index (χ2n) is 9.00. The van der Waals surface area contributed by atoms with Gasteiger partial charge in [-0.2, -0.15) is 0 Å². The fraction of sp³-hybridized carbons (Fsp3) is 0.226. The van der Waals surface area contributed by atoms with Crippen molar-refractivity contribution in [1.82, 2.24) is 5.32 Å². The van der Waals surface area contributed by atoms with Gasteiger partial charge < -0.3 is 19.5 Å². The molecular weight excluding hydrogens is 485 g/mol. The highest BCUT2D eigenvalue weighted by Crippen LogP contribution is 2.48. The molecule has 38 heavy (non-hydrogen) atoms. The van der Waals surface area contributed by atoms with Crippen LogP contribution in [0.5, 0.6) is 11.5 Å². The van der Waals surface area contributed by atoms with Crippen molar-refractivity contribution in [1.29, 1.82) is 0 Å². The third-order valence-corrected chi connectivity index (χ3v) is 6.69. The van der Waals surface area contributed by atoms with Crippen LogP contribution in [0.3, 0.4) is 0 Å². The smallest absolute Gasteiger partial charge is 0.336 e. The molecule has 3 aromatic carbocycles. The Morgan fingerprint density at radius 2 is 1.66 bits per heavy atom. The number of carbonyl (C=O) groups is 2. The van der Waals surface area contributed by atoms with E-state index in [9.17, 15) is 14.0 Å². The lowest BCUT2D eigenvalue weighted by molar-refractivity contribution is -0.138. The predicted octanol–water partition coefficient (Wildman–Crippen LogP) is 5.93. The second kappa shape index (κ2) is 10.5. The summed E-state index contributed by atoms with van der Waals surface area (Å²) in [7, 11) is 0. The number of carbonyl (C=O) groups excluding carboxylic acids is 2. The predicted molar refractivity (Wildman–Crippen MR) is 141 cm³/mol. The molecule has 0 radical (unpaired) electrons. The summed E-state index contributed by atoms with van der Waals surface area (Å²) in [5, 5.41) is 3.30. The Hall–Kier alpha value is -4.39. The topological polar surface area (TPSA) is 73.9 Å². The Kier molecular flexibility index (Phi) is 7.01. The largest absolute Gasteiger partial charge is 0.490 e. The minimum atomic E-state index is -0.676. The number of halogens is 1. The molecule has 1 atom stereocenters. The Morgan fingerprint density at radius 3 is 2.39 bits per heavy atom. The third kappa shape index (κ3) is 4.45. The van der Waals surface area contributed by atoms with Crippen LogP contribution in [0.1, 0.15) is 53.7 Å². The van der Waals surface area contributed by atoms with E-state index in [-0.39, 0.29) is 24.8 Å². The molecule has 0 unspecified atom stereocenters. The molecular formula is C31H28FNO5. The molecule has 194 valence electrons. The van der Waals surface area contributed by atoms with Gasteiger partial charge >= 0.3 is 5.97 Å². The number of hydrogen-bond acceptors (Lipinski definition) is 6. The number of esters is 1. The molecule has 0 aromatic heterocycles. The molecule has 3 aromatic rings. The number of dihydropyridines is 1. The molecule has 0 amide bonds. The van der Waals surface area contributed by atoms with Gasteiger partial charge in [-0.05, 0) is 44.5 Å². The number of hydrogen-bond donors (Lipinski definition) is 1. The van der Waals surface area contributed by atoms with Crippen LogP contribution in [0, 0.1) is 5.82 Å². The molecule has 1 aliphatic heterocycles. The third-order valence-electron chi connectivity index (χ3n) is 6.69. The van der Waals surface area contributed by atoms with Crippen molar-refractivity contribution in [3.63, 3.8) is 0 Å². The van der Waals surface area contributed by atoms with E-state index in [4.69, 9.17) is 14.2 Å². The van der Waals surface area contributed by atoms with Crippen LogP contribution in [-0.4, -0.2) is 25.0 Å². The lowest BCUT2D eigenvalue weighted by Crippen LogP contribution is -2.29. The normalized spacial score (nSPS) is 16.1. The summed E-state index contributed by atoms with van der Waals surface area (Å²) in [4.78, 5) is 26.8. The molecule has 1 aliphatic carbocycles. The zero-order chi connectivity index (χ0) is 26.8. The van der Waals surface area contributed by atoms with Crippen LogP contribution in [0.4, 0.5) is 4.39 Å². The van der Waals surface area contributed by atoms with Gasteiger partial charge in [0.15, 0.2) is 17.3 Å². The number of benzene rings is 3. The van der Waals surface area contributed by atoms with Gasteiger partial charge in [-0.15, -0.1) is 0 Å². The average molecular weight is 514 g/mol. The van der Waals surface area contributed by atoms with Gasteiger partial charge in [-0.1, -0.05) is 48.5 Å². The van der Waals surface area contributed by atoms with E-state index >= 15 is 0 Å². The van der Waals surface area contributed by atoms with E-state index in [1.165, 1.54) is 6.07 Å². The molecule has 0 saturated carbocycles. The van der Waals surface area contributed by atoms with Crippen LogP contribution in [0.2, 0.25) is 0 Å². The first-order valence-corrected chi connectivity index (χ1v) is 12.6. The molecule has 0 saturated heterocycles. The van der Waals surface area contributed by atoms with Gasteiger partial charge in [0.1, 0.15) is 12.4 Å². The number of ether oxygens (including phenoxy) is 3. The van der Waals surface area contributed by atoms with Crippen LogP contribution in [0.25, 0.3) is 5.70 Å². The lowest BCUT2D eigenvalue weighted by atomic mass is 9.79. The van der Waals surface area contributed by atoms with Crippen LogP contribution in [0.15, 0.2) is 83.6 Å². The Bertz CT molecular complexity index is 1490. The van der Waals surface area contributed by atoms with E-state index < -0.39 is 11.9 Å².